The SMILES string of the molecule is CCNC(=NCCNS(=O)(=O)CC)NCCc1ccc(OC)cc1Cl.I. The van der Waals surface area contributed by atoms with Gasteiger partial charge in [-0.25, -0.2) is 13.1 Å². The molecule has 3 N–H and O–H groups in total. The van der Waals surface area contributed by atoms with Crippen LogP contribution >= 0.6 is 35.6 Å². The molecule has 0 bridgehead atoms. The van der Waals surface area contributed by atoms with Gasteiger partial charge in [0.15, 0.2) is 5.96 Å². The standard InChI is InChI=1S/C16H27ClN4O3S.HI/c1-4-18-16(20-10-11-21-25(22,23)5-2)19-9-8-13-6-7-14(24-3)12-15(13)17;/h6-7,12,21H,4-5,8-11H2,1-3H3,(H2,18,19,20);1H. The number of hydrogen-bond acceptors (Lipinski definition) is 4. The van der Waals surface area contributed by atoms with Crippen LogP contribution in [0.25, 0.3) is 0 Å². The number of nitrogens with one attached hydrogen (secondary N) is 3. The van der Waals surface area contributed by atoms with E-state index in [1.165, 1.54) is 0 Å². The second kappa shape index (κ2) is 13.4. The lowest BCUT2D eigenvalue weighted by atomic mass is 10.1. The van der Waals surface area contributed by atoms with Crippen molar-refractivity contribution < 1.29 is 13.2 Å². The highest BCUT2D eigenvalue weighted by molar-refractivity contribution is 14.0. The average molecular weight is 519 g/mol. The van der Waals surface area contributed by atoms with Crippen molar-refractivity contribution in [2.45, 2.75) is 20.3 Å². The van der Waals surface area contributed by atoms with E-state index < -0.39 is 10.0 Å². The molecule has 0 saturated heterocycles. The Kier molecular flexibility index (Phi) is 13.0. The van der Waals surface area contributed by atoms with Gasteiger partial charge in [0.2, 0.25) is 10.0 Å². The molecule has 1 aromatic carbocycles. The van der Waals surface area contributed by atoms with E-state index in [1.54, 1.807) is 20.1 Å². The van der Waals surface area contributed by atoms with Crippen LogP contribution in [0.3, 0.4) is 0 Å². The molecular formula is C16H28ClIN4O3S. The van der Waals surface area contributed by atoms with E-state index in [0.29, 0.717) is 24.1 Å². The fourth-order valence-corrected chi connectivity index (χ4v) is 2.86. The molecule has 26 heavy (non-hydrogen) atoms. The van der Waals surface area contributed by atoms with E-state index in [4.69, 9.17) is 16.3 Å². The zero-order chi connectivity index (χ0) is 18.7. The lowest BCUT2D eigenvalue weighted by Gasteiger charge is -2.12. The highest BCUT2D eigenvalue weighted by atomic mass is 127. The van der Waals surface area contributed by atoms with Gasteiger partial charge < -0.3 is 15.4 Å². The Balaban J connectivity index is 0.00000625. The summed E-state index contributed by atoms with van der Waals surface area (Å²) in [6, 6.07) is 5.60. The lowest BCUT2D eigenvalue weighted by Crippen LogP contribution is -2.39. The molecule has 0 aliphatic heterocycles. The van der Waals surface area contributed by atoms with Crippen molar-refractivity contribution in [2.24, 2.45) is 4.99 Å². The van der Waals surface area contributed by atoms with E-state index in [1.807, 2.05) is 19.1 Å². The molecule has 0 saturated carbocycles. The van der Waals surface area contributed by atoms with E-state index in [0.717, 1.165) is 24.3 Å². The first-order chi connectivity index (χ1) is 11.9. The molecule has 0 atom stereocenters. The maximum absolute atomic E-state index is 11.4. The van der Waals surface area contributed by atoms with E-state index in [2.05, 4.69) is 20.3 Å². The number of sulfonamides is 1. The van der Waals surface area contributed by atoms with Gasteiger partial charge in [-0.2, -0.15) is 0 Å². The van der Waals surface area contributed by atoms with Crippen molar-refractivity contribution in [3.05, 3.63) is 28.8 Å². The third-order valence-electron chi connectivity index (χ3n) is 3.37. The Morgan fingerprint density at radius 1 is 1.23 bits per heavy atom. The Morgan fingerprint density at radius 2 is 1.96 bits per heavy atom. The summed E-state index contributed by atoms with van der Waals surface area (Å²) in [4.78, 5) is 4.35. The molecule has 150 valence electrons. The van der Waals surface area contributed by atoms with Gasteiger partial charge in [-0.05, 0) is 38.0 Å². The Labute approximate surface area is 178 Å². The van der Waals surface area contributed by atoms with Crippen molar-refractivity contribution in [1.82, 2.24) is 15.4 Å². The number of nitrogens with zero attached hydrogens (tertiary/aromatic N) is 1. The first kappa shape index (κ1) is 25.2. The van der Waals surface area contributed by atoms with Gasteiger partial charge in [0.1, 0.15) is 5.75 Å². The fourth-order valence-electron chi connectivity index (χ4n) is 1.99. The van der Waals surface area contributed by atoms with Crippen molar-refractivity contribution in [3.63, 3.8) is 0 Å². The molecule has 1 rings (SSSR count). The number of halogens is 2. The molecule has 0 radical (unpaired) electrons. The predicted molar refractivity (Wildman–Crippen MR) is 119 cm³/mol. The summed E-state index contributed by atoms with van der Waals surface area (Å²) < 4.78 is 30.3. The van der Waals surface area contributed by atoms with Crippen LogP contribution in [0.5, 0.6) is 5.75 Å². The molecule has 10 heteroatoms. The van der Waals surface area contributed by atoms with Gasteiger partial charge in [0.05, 0.1) is 19.4 Å². The summed E-state index contributed by atoms with van der Waals surface area (Å²) in [5.74, 6) is 1.44. The second-order valence-corrected chi connectivity index (χ2v) is 7.70. The summed E-state index contributed by atoms with van der Waals surface area (Å²) >= 11 is 6.22. The van der Waals surface area contributed by atoms with Gasteiger partial charge in [0.25, 0.3) is 0 Å². The van der Waals surface area contributed by atoms with Crippen LogP contribution in [0.2, 0.25) is 5.02 Å². The van der Waals surface area contributed by atoms with Gasteiger partial charge >= 0.3 is 0 Å². The molecule has 7 nitrogen and oxygen atoms in total. The summed E-state index contributed by atoms with van der Waals surface area (Å²) in [7, 11) is -1.57. The fraction of sp³-hybridized carbons (Fsp3) is 0.562. The minimum absolute atomic E-state index is 0. The van der Waals surface area contributed by atoms with Crippen LogP contribution in [-0.2, 0) is 16.4 Å². The molecule has 0 spiro atoms. The van der Waals surface area contributed by atoms with Crippen molar-refractivity contribution in [1.29, 1.82) is 0 Å². The molecule has 0 aliphatic rings. The Morgan fingerprint density at radius 3 is 2.54 bits per heavy atom. The Bertz CT molecular complexity index is 671. The van der Waals surface area contributed by atoms with E-state index in [9.17, 15) is 8.42 Å². The third-order valence-corrected chi connectivity index (χ3v) is 5.13. The van der Waals surface area contributed by atoms with Gasteiger partial charge in [-0.3, -0.25) is 4.99 Å². The third kappa shape index (κ3) is 9.79. The number of rotatable bonds is 10. The van der Waals surface area contributed by atoms with Gasteiger partial charge in [-0.1, -0.05) is 17.7 Å². The van der Waals surface area contributed by atoms with Crippen LogP contribution < -0.4 is 20.1 Å². The molecule has 0 fully saturated rings. The van der Waals surface area contributed by atoms with Gasteiger partial charge in [-0.15, -0.1) is 24.0 Å². The number of hydrogen-bond donors (Lipinski definition) is 3. The summed E-state index contributed by atoms with van der Waals surface area (Å²) in [5.41, 5.74) is 1.02. The average Bonchev–Trinajstić information content (AvgIpc) is 2.59. The van der Waals surface area contributed by atoms with E-state index in [-0.39, 0.29) is 36.3 Å². The highest BCUT2D eigenvalue weighted by Crippen LogP contribution is 2.22. The topological polar surface area (TPSA) is 91.8 Å². The summed E-state index contributed by atoms with van der Waals surface area (Å²) in [6.45, 7) is 5.57. The monoisotopic (exact) mass is 518 g/mol. The number of benzene rings is 1. The maximum atomic E-state index is 11.4. The smallest absolute Gasteiger partial charge is 0.211 e. The number of methoxy groups -OCH3 is 1. The lowest BCUT2D eigenvalue weighted by molar-refractivity contribution is 0.414. The highest BCUT2D eigenvalue weighted by Gasteiger charge is 2.05. The van der Waals surface area contributed by atoms with Crippen molar-refractivity contribution >= 4 is 51.6 Å². The maximum Gasteiger partial charge on any atom is 0.211 e. The molecule has 0 heterocycles. The van der Waals surface area contributed by atoms with Crippen LogP contribution in [-0.4, -0.2) is 53.4 Å². The van der Waals surface area contributed by atoms with Crippen molar-refractivity contribution in [2.75, 3.05) is 39.0 Å². The normalized spacial score (nSPS) is 11.6. The first-order valence-electron chi connectivity index (χ1n) is 8.23. The van der Waals surface area contributed by atoms with Crippen molar-refractivity contribution in [3.8, 4) is 5.75 Å². The first-order valence-corrected chi connectivity index (χ1v) is 10.3. The molecule has 0 aromatic heterocycles. The molecule has 1 aromatic rings. The predicted octanol–water partition coefficient (Wildman–Crippen LogP) is 2.00. The quantitative estimate of drug-likeness (QED) is 0.191. The largest absolute Gasteiger partial charge is 0.497 e. The summed E-state index contributed by atoms with van der Waals surface area (Å²) in [6.07, 6.45) is 0.732. The summed E-state index contributed by atoms with van der Waals surface area (Å²) in [5, 5.41) is 6.99. The van der Waals surface area contributed by atoms with Crippen LogP contribution in [0.1, 0.15) is 19.4 Å². The second-order valence-electron chi connectivity index (χ2n) is 5.19. The number of ether oxygens (including phenoxy) is 1. The van der Waals surface area contributed by atoms with Gasteiger partial charge in [0, 0.05) is 24.7 Å². The van der Waals surface area contributed by atoms with Crippen LogP contribution in [0, 0.1) is 0 Å². The van der Waals surface area contributed by atoms with Crippen LogP contribution in [0.15, 0.2) is 23.2 Å². The molecule has 0 amide bonds. The minimum atomic E-state index is -3.18. The minimum Gasteiger partial charge on any atom is -0.497 e. The number of aliphatic imine (C=N–C) groups is 1. The van der Waals surface area contributed by atoms with E-state index >= 15 is 0 Å². The van der Waals surface area contributed by atoms with Crippen LogP contribution in [0.4, 0.5) is 0 Å². The molecule has 0 aliphatic carbocycles. The molecular weight excluding hydrogens is 491 g/mol. The number of guanidine groups is 1. The zero-order valence-corrected chi connectivity index (χ0v) is 19.2. The Hall–Kier alpha value is -0.780. The molecule has 0 unspecified atom stereocenters. The zero-order valence-electron chi connectivity index (χ0n) is 15.3.